The molecule has 0 bridgehead atoms. The summed E-state index contributed by atoms with van der Waals surface area (Å²) in [6, 6.07) is 16.7. The van der Waals surface area contributed by atoms with E-state index in [1.807, 2.05) is 43.3 Å². The first-order chi connectivity index (χ1) is 16.3. The van der Waals surface area contributed by atoms with Crippen molar-refractivity contribution in [3.63, 3.8) is 0 Å². The largest absolute Gasteiger partial charge is 0.450 e. The monoisotopic (exact) mass is 479 g/mol. The molecule has 0 N–H and O–H groups in total. The van der Waals surface area contributed by atoms with Gasteiger partial charge in [-0.3, -0.25) is 14.9 Å². The highest BCUT2D eigenvalue weighted by atomic mass is 32.2. The highest BCUT2D eigenvalue weighted by molar-refractivity contribution is 7.89. The van der Waals surface area contributed by atoms with E-state index in [2.05, 4.69) is 0 Å². The molecule has 0 spiro atoms. The van der Waals surface area contributed by atoms with E-state index in [0.717, 1.165) is 27.8 Å². The molecule has 1 aliphatic heterocycles. The highest BCUT2D eigenvalue weighted by Crippen LogP contribution is 2.32. The van der Waals surface area contributed by atoms with Crippen LogP contribution in [-0.4, -0.2) is 54.6 Å². The summed E-state index contributed by atoms with van der Waals surface area (Å²) in [6.07, 6.45) is 0. The lowest BCUT2D eigenvalue weighted by Crippen LogP contribution is -2.50. The molecular weight excluding hydrogens is 458 g/mol. The van der Waals surface area contributed by atoms with Crippen molar-refractivity contribution in [1.29, 1.82) is 0 Å². The van der Waals surface area contributed by atoms with Gasteiger partial charge in [0.25, 0.3) is 11.6 Å². The summed E-state index contributed by atoms with van der Waals surface area (Å²) >= 11 is 0. The molecule has 3 aromatic carbocycles. The zero-order valence-corrected chi connectivity index (χ0v) is 19.1. The molecule has 0 aliphatic carbocycles. The molecule has 1 aromatic heterocycles. The van der Waals surface area contributed by atoms with E-state index in [4.69, 9.17) is 4.42 Å². The molecule has 0 atom stereocenters. The molecular formula is C24H21N3O6S. The van der Waals surface area contributed by atoms with Crippen LogP contribution in [0.5, 0.6) is 0 Å². The van der Waals surface area contributed by atoms with E-state index in [0.29, 0.717) is 5.58 Å². The van der Waals surface area contributed by atoms with Crippen LogP contribution in [0.1, 0.15) is 16.1 Å². The second kappa shape index (κ2) is 8.23. The average molecular weight is 480 g/mol. The third-order valence-electron chi connectivity index (χ3n) is 6.21. The molecule has 1 aliphatic rings. The van der Waals surface area contributed by atoms with Gasteiger partial charge in [0.15, 0.2) is 5.76 Å². The van der Waals surface area contributed by atoms with Crippen LogP contribution < -0.4 is 0 Å². The van der Waals surface area contributed by atoms with Gasteiger partial charge in [-0.25, -0.2) is 8.42 Å². The van der Waals surface area contributed by atoms with Crippen LogP contribution in [0.2, 0.25) is 0 Å². The van der Waals surface area contributed by atoms with Crippen molar-refractivity contribution in [2.75, 3.05) is 26.2 Å². The molecule has 2 heterocycles. The minimum atomic E-state index is -3.92. The zero-order chi connectivity index (χ0) is 24.0. The number of nitrogens with zero attached hydrogens (tertiary/aromatic N) is 3. The second-order valence-corrected chi connectivity index (χ2v) is 10.1. The molecule has 10 heteroatoms. The lowest BCUT2D eigenvalue weighted by atomic mass is 10.1. The van der Waals surface area contributed by atoms with Crippen molar-refractivity contribution >= 4 is 43.4 Å². The summed E-state index contributed by atoms with van der Waals surface area (Å²) in [4.78, 5) is 25.1. The minimum absolute atomic E-state index is 0.0823. The Labute approximate surface area is 195 Å². The fraction of sp³-hybridized carbons (Fsp3) is 0.208. The number of amides is 1. The zero-order valence-electron chi connectivity index (χ0n) is 18.3. The maximum Gasteiger partial charge on any atom is 0.289 e. The first kappa shape index (κ1) is 22.1. The molecule has 4 aromatic rings. The Balaban J connectivity index is 1.37. The standard InChI is InChI=1S/C24H21N3O6S/c1-16-20-10-9-17-5-2-3-8-21(17)23(20)33-22(16)24(28)25-11-13-26(14-12-25)34(31,32)19-7-4-6-18(15-19)27(29)30/h2-10,15H,11-14H2,1H3. The van der Waals surface area contributed by atoms with E-state index in [1.54, 1.807) is 4.90 Å². The number of fused-ring (bicyclic) bond motifs is 3. The molecule has 0 radical (unpaired) electrons. The Hall–Kier alpha value is -3.76. The first-order valence-corrected chi connectivity index (χ1v) is 12.2. The van der Waals surface area contributed by atoms with Crippen molar-refractivity contribution in [2.45, 2.75) is 11.8 Å². The predicted molar refractivity (Wildman–Crippen MR) is 126 cm³/mol. The maximum absolute atomic E-state index is 13.3. The number of rotatable bonds is 4. The van der Waals surface area contributed by atoms with E-state index in [1.165, 1.54) is 22.5 Å². The molecule has 0 unspecified atom stereocenters. The van der Waals surface area contributed by atoms with E-state index in [9.17, 15) is 23.3 Å². The van der Waals surface area contributed by atoms with Crippen molar-refractivity contribution < 1.29 is 22.6 Å². The van der Waals surface area contributed by atoms with Gasteiger partial charge in [0.2, 0.25) is 10.0 Å². The Morgan fingerprint density at radius 1 is 0.971 bits per heavy atom. The number of non-ortho nitro benzene ring substituents is 1. The van der Waals surface area contributed by atoms with E-state index >= 15 is 0 Å². The van der Waals surface area contributed by atoms with E-state index < -0.39 is 14.9 Å². The van der Waals surface area contributed by atoms with Crippen LogP contribution >= 0.6 is 0 Å². The number of hydrogen-bond acceptors (Lipinski definition) is 6. The number of benzene rings is 3. The van der Waals surface area contributed by atoms with Gasteiger partial charge in [0.1, 0.15) is 5.58 Å². The average Bonchev–Trinajstić information content (AvgIpc) is 3.20. The number of furan rings is 1. The van der Waals surface area contributed by atoms with E-state index in [-0.39, 0.29) is 48.4 Å². The van der Waals surface area contributed by atoms with Crippen molar-refractivity contribution in [2.24, 2.45) is 0 Å². The molecule has 34 heavy (non-hydrogen) atoms. The smallest absolute Gasteiger partial charge is 0.289 e. The van der Waals surface area contributed by atoms with Gasteiger partial charge in [-0.05, 0) is 18.4 Å². The Morgan fingerprint density at radius 3 is 2.44 bits per heavy atom. The number of carbonyl (C=O) groups is 1. The Morgan fingerprint density at radius 2 is 1.71 bits per heavy atom. The summed E-state index contributed by atoms with van der Waals surface area (Å²) in [5.74, 6) is -0.0356. The van der Waals surface area contributed by atoms with Gasteiger partial charge in [-0.2, -0.15) is 4.31 Å². The molecule has 5 rings (SSSR count). The van der Waals surface area contributed by atoms with Gasteiger partial charge in [-0.15, -0.1) is 0 Å². The van der Waals surface area contributed by atoms with Gasteiger partial charge in [-0.1, -0.05) is 42.5 Å². The predicted octanol–water partition coefficient (Wildman–Crippen LogP) is 3.95. The van der Waals surface area contributed by atoms with Gasteiger partial charge >= 0.3 is 0 Å². The minimum Gasteiger partial charge on any atom is -0.450 e. The van der Waals surface area contributed by atoms with Crippen LogP contribution in [0.25, 0.3) is 21.7 Å². The van der Waals surface area contributed by atoms with Crippen molar-refractivity contribution in [1.82, 2.24) is 9.21 Å². The number of nitro groups is 1. The normalized spacial score (nSPS) is 15.1. The third kappa shape index (κ3) is 3.61. The number of aryl methyl sites for hydroxylation is 1. The lowest BCUT2D eigenvalue weighted by molar-refractivity contribution is -0.385. The molecule has 0 saturated carbocycles. The molecule has 1 amide bonds. The number of sulfonamides is 1. The topological polar surface area (TPSA) is 114 Å². The fourth-order valence-corrected chi connectivity index (χ4v) is 5.80. The number of piperazine rings is 1. The van der Waals surface area contributed by atoms with Gasteiger partial charge in [0, 0.05) is 54.6 Å². The van der Waals surface area contributed by atoms with Crippen LogP contribution in [0.15, 0.2) is 70.0 Å². The van der Waals surface area contributed by atoms with Crippen LogP contribution in [0.3, 0.4) is 0 Å². The highest BCUT2D eigenvalue weighted by Gasteiger charge is 2.33. The van der Waals surface area contributed by atoms with Crippen molar-refractivity contribution in [3.8, 4) is 0 Å². The first-order valence-electron chi connectivity index (χ1n) is 10.7. The number of carbonyl (C=O) groups excluding carboxylic acids is 1. The van der Waals surface area contributed by atoms with Crippen LogP contribution in [0.4, 0.5) is 5.69 Å². The summed E-state index contributed by atoms with van der Waals surface area (Å²) in [5.41, 5.74) is 1.12. The number of hydrogen-bond donors (Lipinski definition) is 0. The van der Waals surface area contributed by atoms with Crippen LogP contribution in [0, 0.1) is 17.0 Å². The quantitative estimate of drug-likeness (QED) is 0.323. The summed E-state index contributed by atoms with van der Waals surface area (Å²) in [7, 11) is -3.92. The summed E-state index contributed by atoms with van der Waals surface area (Å²) in [6.45, 7) is 2.38. The maximum atomic E-state index is 13.3. The molecule has 9 nitrogen and oxygen atoms in total. The van der Waals surface area contributed by atoms with Gasteiger partial charge < -0.3 is 9.32 Å². The summed E-state index contributed by atoms with van der Waals surface area (Å²) in [5, 5.41) is 13.8. The molecule has 1 saturated heterocycles. The van der Waals surface area contributed by atoms with Crippen molar-refractivity contribution in [3.05, 3.63) is 82.1 Å². The molecule has 1 fully saturated rings. The Kier molecular flexibility index (Phi) is 5.34. The fourth-order valence-electron chi connectivity index (χ4n) is 4.33. The van der Waals surface area contributed by atoms with Crippen LogP contribution in [-0.2, 0) is 10.0 Å². The van der Waals surface area contributed by atoms with Gasteiger partial charge in [0.05, 0.1) is 9.82 Å². The number of nitro benzene ring substituents is 1. The third-order valence-corrected chi connectivity index (χ3v) is 8.11. The summed E-state index contributed by atoms with van der Waals surface area (Å²) < 4.78 is 33.3. The second-order valence-electron chi connectivity index (χ2n) is 8.17. The molecule has 174 valence electrons. The lowest BCUT2D eigenvalue weighted by Gasteiger charge is -2.33. The Bertz CT molecular complexity index is 1550. The SMILES string of the molecule is Cc1c(C(=O)N2CCN(S(=O)(=O)c3cccc([N+](=O)[O-])c3)CC2)oc2c1ccc1ccccc12.